The first-order valence-corrected chi connectivity index (χ1v) is 7.43. The van der Waals surface area contributed by atoms with Gasteiger partial charge < -0.3 is 15.5 Å². The Balaban J connectivity index is 0.00000220. The number of hydrogen-bond donors (Lipinski definition) is 2. The largest absolute Gasteiger partial charge is 0.378 e. The number of piperidine rings is 1. The van der Waals surface area contributed by atoms with Gasteiger partial charge in [-0.3, -0.25) is 4.79 Å². The number of amides is 1. The lowest BCUT2D eigenvalue weighted by Crippen LogP contribution is -2.33. The van der Waals surface area contributed by atoms with E-state index in [1.807, 2.05) is 43.3 Å². The van der Waals surface area contributed by atoms with Crippen LogP contribution >= 0.6 is 12.4 Å². The molecule has 1 aromatic carbocycles. The Morgan fingerprint density at radius 1 is 1.43 bits per heavy atom. The van der Waals surface area contributed by atoms with Crippen molar-refractivity contribution in [3.8, 4) is 0 Å². The van der Waals surface area contributed by atoms with Crippen LogP contribution in [0.3, 0.4) is 0 Å². The molecule has 1 amide bonds. The third-order valence-electron chi connectivity index (χ3n) is 3.86. The van der Waals surface area contributed by atoms with Gasteiger partial charge in [-0.05, 0) is 56.5 Å². The van der Waals surface area contributed by atoms with Crippen molar-refractivity contribution in [2.45, 2.75) is 19.3 Å². The van der Waals surface area contributed by atoms with Gasteiger partial charge in [-0.25, -0.2) is 0 Å². The number of anilines is 1. The van der Waals surface area contributed by atoms with E-state index in [0.717, 1.165) is 37.3 Å². The fraction of sp³-hybridized carbons (Fsp3) is 0.562. The first kappa shape index (κ1) is 17.8. The van der Waals surface area contributed by atoms with Crippen LogP contribution in [0, 0.1) is 5.92 Å². The van der Waals surface area contributed by atoms with Crippen molar-refractivity contribution in [2.75, 3.05) is 38.6 Å². The SMILES string of the molecule is CN(C)c1cccc(C(=O)NCCC2CCCNC2)c1.Cl. The second-order valence-corrected chi connectivity index (χ2v) is 5.70. The van der Waals surface area contributed by atoms with E-state index in [1.54, 1.807) is 0 Å². The van der Waals surface area contributed by atoms with Crippen LogP contribution in [-0.4, -0.2) is 39.6 Å². The van der Waals surface area contributed by atoms with E-state index < -0.39 is 0 Å². The quantitative estimate of drug-likeness (QED) is 0.877. The molecule has 0 aliphatic carbocycles. The minimum atomic E-state index is 0. The van der Waals surface area contributed by atoms with Crippen LogP contribution in [0.25, 0.3) is 0 Å². The normalized spacial score (nSPS) is 17.7. The molecule has 21 heavy (non-hydrogen) atoms. The molecule has 1 atom stereocenters. The molecule has 1 unspecified atom stereocenters. The van der Waals surface area contributed by atoms with Gasteiger partial charge in [-0.2, -0.15) is 0 Å². The minimum absolute atomic E-state index is 0. The van der Waals surface area contributed by atoms with Crippen LogP contribution in [0.5, 0.6) is 0 Å². The molecule has 0 spiro atoms. The molecule has 0 saturated carbocycles. The van der Waals surface area contributed by atoms with Gasteiger partial charge in [0.15, 0.2) is 0 Å². The van der Waals surface area contributed by atoms with Crippen LogP contribution in [0.15, 0.2) is 24.3 Å². The van der Waals surface area contributed by atoms with Crippen molar-refractivity contribution in [3.05, 3.63) is 29.8 Å². The fourth-order valence-electron chi connectivity index (χ4n) is 2.59. The second-order valence-electron chi connectivity index (χ2n) is 5.70. The van der Waals surface area contributed by atoms with Gasteiger partial charge in [-0.15, -0.1) is 12.4 Å². The lowest BCUT2D eigenvalue weighted by Gasteiger charge is -2.22. The van der Waals surface area contributed by atoms with E-state index in [-0.39, 0.29) is 18.3 Å². The number of halogens is 1. The van der Waals surface area contributed by atoms with Crippen molar-refractivity contribution in [3.63, 3.8) is 0 Å². The number of benzene rings is 1. The summed E-state index contributed by atoms with van der Waals surface area (Å²) in [6, 6.07) is 7.72. The Bertz CT molecular complexity index is 445. The third kappa shape index (κ3) is 5.56. The topological polar surface area (TPSA) is 44.4 Å². The summed E-state index contributed by atoms with van der Waals surface area (Å²) in [5.74, 6) is 0.731. The van der Waals surface area contributed by atoms with Crippen LogP contribution in [0.2, 0.25) is 0 Å². The highest BCUT2D eigenvalue weighted by Gasteiger charge is 2.13. The number of rotatable bonds is 5. The predicted molar refractivity (Wildman–Crippen MR) is 90.6 cm³/mol. The summed E-state index contributed by atoms with van der Waals surface area (Å²) in [5.41, 5.74) is 1.78. The molecule has 5 heteroatoms. The van der Waals surface area contributed by atoms with Gasteiger partial charge in [0, 0.05) is 31.9 Å². The second kappa shape index (κ2) is 8.90. The first-order chi connectivity index (χ1) is 9.66. The molecular weight excluding hydrogens is 286 g/mol. The molecule has 4 nitrogen and oxygen atoms in total. The van der Waals surface area contributed by atoms with Crippen molar-refractivity contribution >= 4 is 24.0 Å². The molecule has 1 aromatic rings. The average molecular weight is 312 g/mol. The number of nitrogens with zero attached hydrogens (tertiary/aromatic N) is 1. The Morgan fingerprint density at radius 3 is 2.90 bits per heavy atom. The van der Waals surface area contributed by atoms with Crippen LogP contribution < -0.4 is 15.5 Å². The Kier molecular flexibility index (Phi) is 7.54. The van der Waals surface area contributed by atoms with Crippen LogP contribution in [0.4, 0.5) is 5.69 Å². The number of carbonyl (C=O) groups excluding carboxylic acids is 1. The zero-order valence-corrected chi connectivity index (χ0v) is 13.7. The zero-order chi connectivity index (χ0) is 14.4. The fourth-order valence-corrected chi connectivity index (χ4v) is 2.59. The van der Waals surface area contributed by atoms with Crippen LogP contribution in [0.1, 0.15) is 29.6 Å². The predicted octanol–water partition coefficient (Wildman–Crippen LogP) is 2.29. The number of nitrogens with one attached hydrogen (secondary N) is 2. The van der Waals surface area contributed by atoms with E-state index in [2.05, 4.69) is 10.6 Å². The zero-order valence-electron chi connectivity index (χ0n) is 12.9. The van der Waals surface area contributed by atoms with E-state index in [9.17, 15) is 4.79 Å². The van der Waals surface area contributed by atoms with Crippen molar-refractivity contribution < 1.29 is 4.79 Å². The van der Waals surface area contributed by atoms with Gasteiger partial charge >= 0.3 is 0 Å². The van der Waals surface area contributed by atoms with Crippen LogP contribution in [-0.2, 0) is 0 Å². The van der Waals surface area contributed by atoms with Crippen molar-refractivity contribution in [2.24, 2.45) is 5.92 Å². The maximum Gasteiger partial charge on any atom is 0.251 e. The molecule has 1 aliphatic heterocycles. The highest BCUT2D eigenvalue weighted by atomic mass is 35.5. The van der Waals surface area contributed by atoms with Gasteiger partial charge in [0.05, 0.1) is 0 Å². The molecule has 0 radical (unpaired) electrons. The molecular formula is C16H26ClN3O. The van der Waals surface area contributed by atoms with Gasteiger partial charge in [0.2, 0.25) is 0 Å². The average Bonchev–Trinajstić information content (AvgIpc) is 2.48. The Morgan fingerprint density at radius 2 is 2.24 bits per heavy atom. The molecule has 1 fully saturated rings. The van der Waals surface area contributed by atoms with Crippen molar-refractivity contribution in [1.82, 2.24) is 10.6 Å². The van der Waals surface area contributed by atoms with E-state index in [0.29, 0.717) is 5.92 Å². The van der Waals surface area contributed by atoms with Gasteiger partial charge in [0.25, 0.3) is 5.91 Å². The smallest absolute Gasteiger partial charge is 0.251 e. The summed E-state index contributed by atoms with van der Waals surface area (Å²) in [6.45, 7) is 2.99. The van der Waals surface area contributed by atoms with E-state index >= 15 is 0 Å². The monoisotopic (exact) mass is 311 g/mol. The molecule has 1 saturated heterocycles. The Hall–Kier alpha value is -1.26. The maximum atomic E-state index is 12.1. The molecule has 0 bridgehead atoms. The summed E-state index contributed by atoms with van der Waals surface area (Å²) in [4.78, 5) is 14.1. The summed E-state index contributed by atoms with van der Waals surface area (Å²) >= 11 is 0. The van der Waals surface area contributed by atoms with Crippen molar-refractivity contribution in [1.29, 1.82) is 0 Å². The van der Waals surface area contributed by atoms with Gasteiger partial charge in [0.1, 0.15) is 0 Å². The maximum absolute atomic E-state index is 12.1. The van der Waals surface area contributed by atoms with E-state index in [4.69, 9.17) is 0 Å². The standard InChI is InChI=1S/C16H25N3O.ClH/c1-19(2)15-7-3-6-14(11-15)16(20)18-10-8-13-5-4-9-17-12-13;/h3,6-7,11,13,17H,4-5,8-10,12H2,1-2H3,(H,18,20);1H. The van der Waals surface area contributed by atoms with Gasteiger partial charge in [-0.1, -0.05) is 6.07 Å². The molecule has 2 rings (SSSR count). The summed E-state index contributed by atoms with van der Waals surface area (Å²) in [6.07, 6.45) is 3.59. The third-order valence-corrected chi connectivity index (χ3v) is 3.86. The Labute approximate surface area is 133 Å². The summed E-state index contributed by atoms with van der Waals surface area (Å²) in [5, 5.41) is 6.43. The molecule has 1 heterocycles. The molecule has 1 aliphatic rings. The highest BCUT2D eigenvalue weighted by molar-refractivity contribution is 5.95. The lowest BCUT2D eigenvalue weighted by molar-refractivity contribution is 0.0950. The molecule has 118 valence electrons. The summed E-state index contributed by atoms with van der Waals surface area (Å²) < 4.78 is 0. The molecule has 2 N–H and O–H groups in total. The molecule has 0 aromatic heterocycles. The minimum Gasteiger partial charge on any atom is -0.378 e. The number of carbonyl (C=O) groups is 1. The highest BCUT2D eigenvalue weighted by Crippen LogP contribution is 2.14. The van der Waals surface area contributed by atoms with E-state index in [1.165, 1.54) is 12.8 Å². The first-order valence-electron chi connectivity index (χ1n) is 7.43. The number of hydrogen-bond acceptors (Lipinski definition) is 3. The summed E-state index contributed by atoms with van der Waals surface area (Å²) in [7, 11) is 3.96. The lowest BCUT2D eigenvalue weighted by atomic mass is 9.96.